The normalized spacial score (nSPS) is 11.1. The highest BCUT2D eigenvalue weighted by molar-refractivity contribution is 5.82. The first-order valence-corrected chi connectivity index (χ1v) is 8.30. The van der Waals surface area contributed by atoms with Gasteiger partial charge in [-0.1, -0.05) is 30.3 Å². The number of pyridine rings is 1. The van der Waals surface area contributed by atoms with Gasteiger partial charge >= 0.3 is 0 Å². The molecule has 0 aliphatic carbocycles. The quantitative estimate of drug-likeness (QED) is 0.536. The largest absolute Gasteiger partial charge is 0.372 e. The smallest absolute Gasteiger partial charge is 0.146 e. The molecule has 1 heterocycles. The Morgan fingerprint density at radius 1 is 0.958 bits per heavy atom. The average molecular weight is 318 g/mol. The third-order valence-electron chi connectivity index (χ3n) is 4.01. The van der Waals surface area contributed by atoms with Crippen LogP contribution in [0.15, 0.2) is 65.8 Å². The Balaban J connectivity index is 1.66. The topological polar surface area (TPSA) is 40.5 Å². The fourth-order valence-corrected chi connectivity index (χ4v) is 2.66. The molecule has 4 heteroatoms. The molecule has 0 aliphatic heterocycles. The molecule has 0 atom stereocenters. The van der Waals surface area contributed by atoms with E-state index in [2.05, 4.69) is 58.5 Å². The molecule has 3 aromatic rings. The lowest BCUT2D eigenvalue weighted by Gasteiger charge is -2.20. The second-order valence-corrected chi connectivity index (χ2v) is 5.52. The molecule has 0 amide bonds. The van der Waals surface area contributed by atoms with Crippen molar-refractivity contribution in [3.63, 3.8) is 0 Å². The van der Waals surface area contributed by atoms with Gasteiger partial charge in [-0.15, -0.1) is 0 Å². The van der Waals surface area contributed by atoms with Gasteiger partial charge in [0.1, 0.15) is 5.82 Å². The predicted molar refractivity (Wildman–Crippen MR) is 103 cm³/mol. The zero-order valence-corrected chi connectivity index (χ0v) is 14.1. The number of hydrazone groups is 1. The van der Waals surface area contributed by atoms with Crippen LogP contribution in [-0.4, -0.2) is 24.3 Å². The standard InChI is InChI=1S/C20H22N4/c1-3-24(4-2)18-12-9-16(10-13-18)15-21-23-20-14-11-17-7-5-6-8-19(17)22-20/h5-15H,3-4H2,1-2H3,(H,22,23)/b21-15-. The monoisotopic (exact) mass is 318 g/mol. The molecule has 0 spiro atoms. The number of nitrogens with one attached hydrogen (secondary N) is 1. The van der Waals surface area contributed by atoms with Crippen molar-refractivity contribution in [2.75, 3.05) is 23.4 Å². The molecule has 0 radical (unpaired) electrons. The molecule has 1 N–H and O–H groups in total. The van der Waals surface area contributed by atoms with E-state index in [1.54, 1.807) is 0 Å². The summed E-state index contributed by atoms with van der Waals surface area (Å²) in [7, 11) is 0. The van der Waals surface area contributed by atoms with Gasteiger partial charge in [-0.3, -0.25) is 5.43 Å². The highest BCUT2D eigenvalue weighted by Gasteiger charge is 2.00. The molecule has 0 bridgehead atoms. The Morgan fingerprint density at radius 3 is 2.46 bits per heavy atom. The lowest BCUT2D eigenvalue weighted by atomic mass is 10.2. The first kappa shape index (κ1) is 16.0. The van der Waals surface area contributed by atoms with Gasteiger partial charge < -0.3 is 4.90 Å². The first-order valence-electron chi connectivity index (χ1n) is 8.30. The van der Waals surface area contributed by atoms with E-state index in [9.17, 15) is 0 Å². The van der Waals surface area contributed by atoms with Crippen LogP contribution in [-0.2, 0) is 0 Å². The van der Waals surface area contributed by atoms with Crippen LogP contribution < -0.4 is 10.3 Å². The van der Waals surface area contributed by atoms with E-state index < -0.39 is 0 Å². The van der Waals surface area contributed by atoms with Crippen LogP contribution in [0, 0.1) is 0 Å². The molecule has 122 valence electrons. The number of rotatable bonds is 6. The second-order valence-electron chi connectivity index (χ2n) is 5.52. The van der Waals surface area contributed by atoms with Gasteiger partial charge in [-0.25, -0.2) is 4.98 Å². The second kappa shape index (κ2) is 7.59. The van der Waals surface area contributed by atoms with E-state index >= 15 is 0 Å². The molecule has 0 fully saturated rings. The molecule has 1 aromatic heterocycles. The number of hydrogen-bond acceptors (Lipinski definition) is 4. The van der Waals surface area contributed by atoms with Crippen molar-refractivity contribution in [1.82, 2.24) is 4.98 Å². The minimum atomic E-state index is 0.740. The van der Waals surface area contributed by atoms with Gasteiger partial charge in [-0.2, -0.15) is 5.10 Å². The Morgan fingerprint density at radius 2 is 1.71 bits per heavy atom. The van der Waals surface area contributed by atoms with Crippen molar-refractivity contribution in [2.45, 2.75) is 13.8 Å². The number of para-hydroxylation sites is 1. The molecule has 3 rings (SSSR count). The Kier molecular flexibility index (Phi) is 5.06. The molecule has 0 saturated carbocycles. The average Bonchev–Trinajstić information content (AvgIpc) is 2.64. The van der Waals surface area contributed by atoms with Gasteiger partial charge in [0, 0.05) is 24.2 Å². The summed E-state index contributed by atoms with van der Waals surface area (Å²) in [5.74, 6) is 0.740. The zero-order chi connectivity index (χ0) is 16.8. The number of anilines is 2. The Labute approximate surface area is 142 Å². The maximum absolute atomic E-state index is 4.53. The minimum absolute atomic E-state index is 0.740. The Bertz CT molecular complexity index is 820. The van der Waals surface area contributed by atoms with Crippen LogP contribution in [0.5, 0.6) is 0 Å². The molecule has 0 saturated heterocycles. The maximum Gasteiger partial charge on any atom is 0.146 e. The lowest BCUT2D eigenvalue weighted by molar-refractivity contribution is 0.866. The molecular formula is C20H22N4. The first-order chi connectivity index (χ1) is 11.8. The van der Waals surface area contributed by atoms with Gasteiger partial charge in [0.25, 0.3) is 0 Å². The summed E-state index contributed by atoms with van der Waals surface area (Å²) < 4.78 is 0. The van der Waals surface area contributed by atoms with Crippen molar-refractivity contribution in [2.24, 2.45) is 5.10 Å². The van der Waals surface area contributed by atoms with Crippen LogP contribution in [0.2, 0.25) is 0 Å². The van der Waals surface area contributed by atoms with Crippen molar-refractivity contribution in [3.05, 3.63) is 66.2 Å². The summed E-state index contributed by atoms with van der Waals surface area (Å²) in [5, 5.41) is 5.41. The summed E-state index contributed by atoms with van der Waals surface area (Å²) >= 11 is 0. The van der Waals surface area contributed by atoms with Gasteiger partial charge in [0.2, 0.25) is 0 Å². The minimum Gasteiger partial charge on any atom is -0.372 e. The van der Waals surface area contributed by atoms with Crippen molar-refractivity contribution in [3.8, 4) is 0 Å². The number of aromatic nitrogens is 1. The van der Waals surface area contributed by atoms with E-state index in [0.717, 1.165) is 35.4 Å². The van der Waals surface area contributed by atoms with E-state index in [-0.39, 0.29) is 0 Å². The predicted octanol–water partition coefficient (Wildman–Crippen LogP) is 4.53. The van der Waals surface area contributed by atoms with Crippen LogP contribution in [0.1, 0.15) is 19.4 Å². The fourth-order valence-electron chi connectivity index (χ4n) is 2.66. The number of benzene rings is 2. The van der Waals surface area contributed by atoms with E-state index in [1.807, 2.05) is 42.6 Å². The SMILES string of the molecule is CCN(CC)c1ccc(/C=N\Nc2ccc3ccccc3n2)cc1. The zero-order valence-electron chi connectivity index (χ0n) is 14.1. The third kappa shape index (κ3) is 3.71. The summed E-state index contributed by atoms with van der Waals surface area (Å²) in [5.41, 5.74) is 6.24. The van der Waals surface area contributed by atoms with E-state index in [0.29, 0.717) is 0 Å². The van der Waals surface area contributed by atoms with Crippen LogP contribution >= 0.6 is 0 Å². The van der Waals surface area contributed by atoms with Crippen molar-refractivity contribution < 1.29 is 0 Å². The summed E-state index contributed by atoms with van der Waals surface area (Å²) in [6.45, 7) is 6.36. The summed E-state index contributed by atoms with van der Waals surface area (Å²) in [4.78, 5) is 6.85. The van der Waals surface area contributed by atoms with Gasteiger partial charge in [0.15, 0.2) is 0 Å². The lowest BCUT2D eigenvalue weighted by Crippen LogP contribution is -2.21. The molecular weight excluding hydrogens is 296 g/mol. The number of nitrogens with zero attached hydrogens (tertiary/aromatic N) is 3. The summed E-state index contributed by atoms with van der Waals surface area (Å²) in [6, 6.07) is 20.4. The molecule has 4 nitrogen and oxygen atoms in total. The van der Waals surface area contributed by atoms with Crippen LogP contribution in [0.3, 0.4) is 0 Å². The molecule has 2 aromatic carbocycles. The molecule has 0 aliphatic rings. The fraction of sp³-hybridized carbons (Fsp3) is 0.200. The third-order valence-corrected chi connectivity index (χ3v) is 4.01. The van der Waals surface area contributed by atoms with Gasteiger partial charge in [0.05, 0.1) is 11.7 Å². The van der Waals surface area contributed by atoms with Crippen LogP contribution in [0.25, 0.3) is 10.9 Å². The number of hydrogen-bond donors (Lipinski definition) is 1. The summed E-state index contributed by atoms with van der Waals surface area (Å²) in [6.07, 6.45) is 1.81. The number of fused-ring (bicyclic) bond motifs is 1. The maximum atomic E-state index is 4.53. The molecule has 0 unspecified atom stereocenters. The van der Waals surface area contributed by atoms with Crippen LogP contribution in [0.4, 0.5) is 11.5 Å². The highest BCUT2D eigenvalue weighted by Crippen LogP contribution is 2.15. The van der Waals surface area contributed by atoms with Crippen molar-refractivity contribution in [1.29, 1.82) is 0 Å². The van der Waals surface area contributed by atoms with Crippen molar-refractivity contribution >= 4 is 28.6 Å². The van der Waals surface area contributed by atoms with E-state index in [4.69, 9.17) is 0 Å². The highest BCUT2D eigenvalue weighted by atomic mass is 15.3. The Hall–Kier alpha value is -2.88. The van der Waals surface area contributed by atoms with Gasteiger partial charge in [-0.05, 0) is 49.7 Å². The van der Waals surface area contributed by atoms with E-state index in [1.165, 1.54) is 5.69 Å². The molecule has 24 heavy (non-hydrogen) atoms.